The molecule has 0 radical (unpaired) electrons. The van der Waals surface area contributed by atoms with Crippen molar-refractivity contribution in [2.24, 2.45) is 17.3 Å². The van der Waals surface area contributed by atoms with Crippen LogP contribution in [-0.4, -0.2) is 92.6 Å². The normalized spacial score (nSPS) is 16.8. The van der Waals surface area contributed by atoms with Gasteiger partial charge in [0.2, 0.25) is 11.8 Å². The van der Waals surface area contributed by atoms with Gasteiger partial charge in [-0.3, -0.25) is 9.59 Å². The molecule has 0 bridgehead atoms. The number of alkyl halides is 2. The first-order chi connectivity index (χ1) is 31.0. The molecule has 0 spiro atoms. The quantitative estimate of drug-likeness (QED) is 0.0806. The van der Waals surface area contributed by atoms with Crippen LogP contribution in [0.25, 0.3) is 44.5 Å². The van der Waals surface area contributed by atoms with Crippen LogP contribution in [0.5, 0.6) is 0 Å². The molecule has 4 amide bonds. The molecule has 65 heavy (non-hydrogen) atoms. The lowest BCUT2D eigenvalue weighted by Gasteiger charge is -2.33. The summed E-state index contributed by atoms with van der Waals surface area (Å²) >= 11 is 0. The Morgan fingerprint density at radius 1 is 0.769 bits per heavy atom. The highest BCUT2D eigenvalue weighted by molar-refractivity contribution is 5.89. The van der Waals surface area contributed by atoms with E-state index >= 15 is 8.78 Å². The first-order valence-electron chi connectivity index (χ1n) is 22.5. The zero-order valence-corrected chi connectivity index (χ0v) is 38.0. The van der Waals surface area contributed by atoms with Crippen LogP contribution in [0.3, 0.4) is 0 Å². The first-order valence-corrected chi connectivity index (χ1v) is 22.5. The molecule has 2 fully saturated rings. The predicted molar refractivity (Wildman–Crippen MR) is 241 cm³/mol. The molecule has 0 saturated heterocycles. The molecule has 0 aliphatic heterocycles. The number of methoxy groups -OCH3 is 2. The lowest BCUT2D eigenvalue weighted by atomic mass is 9.98. The van der Waals surface area contributed by atoms with Gasteiger partial charge in [0, 0.05) is 29.3 Å². The van der Waals surface area contributed by atoms with Gasteiger partial charge in [-0.2, -0.15) is 8.78 Å². The van der Waals surface area contributed by atoms with E-state index in [2.05, 4.69) is 32.5 Å². The zero-order chi connectivity index (χ0) is 46.4. The third-order valence-electron chi connectivity index (χ3n) is 13.3. The van der Waals surface area contributed by atoms with Gasteiger partial charge in [0.1, 0.15) is 23.7 Å². The van der Waals surface area contributed by atoms with Gasteiger partial charge < -0.3 is 39.9 Å². The summed E-state index contributed by atoms with van der Waals surface area (Å²) in [7, 11) is 2.53. The van der Waals surface area contributed by atoms with Gasteiger partial charge in [-0.1, -0.05) is 77.8 Å². The number of halogens is 2. The van der Waals surface area contributed by atoms with E-state index in [1.165, 1.54) is 20.3 Å². The maximum atomic E-state index is 16.6. The van der Waals surface area contributed by atoms with Crippen molar-refractivity contribution in [2.45, 2.75) is 110 Å². The third-order valence-corrected chi connectivity index (χ3v) is 13.3. The van der Waals surface area contributed by atoms with Crippen molar-refractivity contribution in [3.8, 4) is 33.5 Å². The van der Waals surface area contributed by atoms with Crippen LogP contribution in [0.1, 0.15) is 95.9 Å². The molecule has 2 aromatic heterocycles. The van der Waals surface area contributed by atoms with Crippen LogP contribution < -0.4 is 10.6 Å². The third kappa shape index (κ3) is 9.30. The molecule has 8 rings (SSSR count). The summed E-state index contributed by atoms with van der Waals surface area (Å²) in [5, 5.41) is 5.39. The van der Waals surface area contributed by atoms with Crippen molar-refractivity contribution >= 4 is 35.0 Å². The molecule has 3 aliphatic rings. The summed E-state index contributed by atoms with van der Waals surface area (Å²) in [6.07, 6.45) is 5.94. The number of alkyl carbamates (subject to hydrolysis) is 2. The van der Waals surface area contributed by atoms with Crippen molar-refractivity contribution in [2.75, 3.05) is 20.8 Å². The Kier molecular flexibility index (Phi) is 12.5. The summed E-state index contributed by atoms with van der Waals surface area (Å²) in [5.41, 5.74) is 4.46. The molecule has 2 saturated carbocycles. The van der Waals surface area contributed by atoms with E-state index < -0.39 is 30.2 Å². The minimum Gasteiger partial charge on any atom is -0.453 e. The van der Waals surface area contributed by atoms with Crippen molar-refractivity contribution in [3.05, 3.63) is 83.6 Å². The Labute approximate surface area is 377 Å². The molecule has 344 valence electrons. The second kappa shape index (κ2) is 17.9. The number of rotatable bonds is 15. The highest BCUT2D eigenvalue weighted by Gasteiger charge is 2.45. The number of carbonyl (C=O) groups excluding carboxylic acids is 4. The largest absolute Gasteiger partial charge is 0.453 e. The molecule has 16 heteroatoms. The zero-order valence-electron chi connectivity index (χ0n) is 38.0. The predicted octanol–water partition coefficient (Wildman–Crippen LogP) is 8.90. The molecular formula is C49H58F2N8O6. The van der Waals surface area contributed by atoms with Gasteiger partial charge >= 0.3 is 12.2 Å². The summed E-state index contributed by atoms with van der Waals surface area (Å²) < 4.78 is 42.8. The minimum atomic E-state index is -3.29. The van der Waals surface area contributed by atoms with Gasteiger partial charge in [-0.05, 0) is 89.5 Å². The molecule has 2 atom stereocenters. The Morgan fingerprint density at radius 3 is 1.94 bits per heavy atom. The Bertz CT molecular complexity index is 2610. The Hall–Kier alpha value is -6.32. The molecule has 14 nitrogen and oxygen atoms in total. The number of aromatic amines is 2. The second-order valence-electron chi connectivity index (χ2n) is 18.9. The average Bonchev–Trinajstić information content (AvgIpc) is 3.77. The fourth-order valence-electron chi connectivity index (χ4n) is 9.24. The van der Waals surface area contributed by atoms with E-state index in [9.17, 15) is 19.2 Å². The van der Waals surface area contributed by atoms with E-state index in [-0.39, 0.29) is 59.3 Å². The Morgan fingerprint density at radius 2 is 1.34 bits per heavy atom. The van der Waals surface area contributed by atoms with Crippen LogP contribution in [0.4, 0.5) is 18.4 Å². The van der Waals surface area contributed by atoms with Crippen LogP contribution in [0.2, 0.25) is 0 Å². The molecular weight excluding hydrogens is 835 g/mol. The highest BCUT2D eigenvalue weighted by atomic mass is 19.3. The van der Waals surface area contributed by atoms with Crippen LogP contribution in [-0.2, 0) is 38.1 Å². The number of fused-ring (bicyclic) bond motifs is 4. The molecule has 3 aliphatic carbocycles. The van der Waals surface area contributed by atoms with E-state index in [1.807, 2.05) is 56.9 Å². The number of aromatic nitrogens is 4. The fraction of sp³-hybridized carbons (Fsp3) is 0.469. The first kappa shape index (κ1) is 45.3. The van der Waals surface area contributed by atoms with Gasteiger partial charge in [-0.15, -0.1) is 0 Å². The standard InChI is InChI=1S/C49H58F2N8O6/c1-27(2)42(56-46(62)64-6)44(60)58(26-48(5)18-19-48)24-40-52-23-39(55-40)31-13-16-34-33-15-12-29(20-35(33)49(50,51)36(34)21-31)30-14-17-37-38(22-30)54-41(53-37)25-59(32-10-8-9-11-32)45(61)43(28(3)4)57-47(63)65-7/h12-17,20-23,27-28,32,42-43H,8-11,18-19,24-26H2,1-7H3,(H,52,55)(H,53,54)(H,56,62)(H,57,63). The van der Waals surface area contributed by atoms with Crippen molar-refractivity contribution < 1.29 is 37.4 Å². The summed E-state index contributed by atoms with van der Waals surface area (Å²) in [6, 6.07) is 14.2. The molecule has 4 N–H and O–H groups in total. The van der Waals surface area contributed by atoms with Crippen molar-refractivity contribution in [1.82, 2.24) is 40.4 Å². The van der Waals surface area contributed by atoms with Crippen LogP contribution >= 0.6 is 0 Å². The smallest absolute Gasteiger partial charge is 0.407 e. The maximum absolute atomic E-state index is 16.6. The topological polar surface area (TPSA) is 175 Å². The number of amides is 4. The van der Waals surface area contributed by atoms with E-state index in [4.69, 9.17) is 14.5 Å². The van der Waals surface area contributed by atoms with Crippen LogP contribution in [0.15, 0.2) is 60.8 Å². The molecule has 2 heterocycles. The van der Waals surface area contributed by atoms with Crippen molar-refractivity contribution in [3.63, 3.8) is 0 Å². The highest BCUT2D eigenvalue weighted by Crippen LogP contribution is 2.53. The molecule has 2 unspecified atom stereocenters. The second-order valence-corrected chi connectivity index (χ2v) is 18.9. The SMILES string of the molecule is COC(=O)NC(C(=O)N(Cc1ncc(-c2ccc3c(c2)C(F)(F)c2cc(-c4ccc5nc(CN(C(=O)C(NC(=O)OC)C(C)C)C6CCCC6)[nH]c5c4)ccc2-3)[nH]1)CC1(C)CC1)C(C)C. The van der Waals surface area contributed by atoms with Gasteiger partial charge in [0.15, 0.2) is 0 Å². The minimum absolute atomic E-state index is 0.00715. The lowest BCUT2D eigenvalue weighted by molar-refractivity contribution is -0.137. The number of H-pyrrole nitrogens is 2. The monoisotopic (exact) mass is 892 g/mol. The summed E-state index contributed by atoms with van der Waals surface area (Å²) in [6.45, 7) is 10.4. The number of carbonyl (C=O) groups is 4. The van der Waals surface area contributed by atoms with Gasteiger partial charge in [-0.25, -0.2) is 19.6 Å². The number of nitrogens with zero attached hydrogens (tertiary/aromatic N) is 4. The van der Waals surface area contributed by atoms with Gasteiger partial charge in [0.05, 0.1) is 50.2 Å². The number of hydrogen-bond acceptors (Lipinski definition) is 8. The summed E-state index contributed by atoms with van der Waals surface area (Å²) in [5.74, 6) is -3.03. The summed E-state index contributed by atoms with van der Waals surface area (Å²) in [4.78, 5) is 71.7. The number of imidazole rings is 2. The van der Waals surface area contributed by atoms with Gasteiger partial charge in [0.25, 0.3) is 5.92 Å². The number of ether oxygens (including phenoxy) is 2. The number of nitrogens with one attached hydrogen (secondary N) is 4. The molecule has 5 aromatic rings. The van der Waals surface area contributed by atoms with E-state index in [1.54, 1.807) is 35.4 Å². The fourth-order valence-corrected chi connectivity index (χ4v) is 9.24. The van der Waals surface area contributed by atoms with E-state index in [0.717, 1.165) is 44.1 Å². The lowest BCUT2D eigenvalue weighted by Crippen LogP contribution is -2.53. The van der Waals surface area contributed by atoms with Crippen molar-refractivity contribution in [1.29, 1.82) is 0 Å². The van der Waals surface area contributed by atoms with Crippen LogP contribution in [0, 0.1) is 17.3 Å². The Balaban J connectivity index is 1.01. The average molecular weight is 893 g/mol. The number of benzene rings is 3. The van der Waals surface area contributed by atoms with E-state index in [0.29, 0.717) is 57.2 Å². The number of hydrogen-bond donors (Lipinski definition) is 4. The molecule has 3 aromatic carbocycles. The maximum Gasteiger partial charge on any atom is 0.407 e.